The van der Waals surface area contributed by atoms with Gasteiger partial charge >= 0.3 is 5.69 Å². The molecule has 18 heavy (non-hydrogen) atoms. The first-order valence-electron chi connectivity index (χ1n) is 6.25. The van der Waals surface area contributed by atoms with Gasteiger partial charge in [0.1, 0.15) is 0 Å². The number of aromatic nitrogens is 2. The van der Waals surface area contributed by atoms with E-state index in [0.29, 0.717) is 24.6 Å². The molecule has 1 atom stereocenters. The molecule has 1 fully saturated rings. The van der Waals surface area contributed by atoms with Crippen LogP contribution in [0.15, 0.2) is 15.8 Å². The van der Waals surface area contributed by atoms with Gasteiger partial charge in [-0.05, 0) is 19.3 Å². The zero-order valence-corrected chi connectivity index (χ0v) is 10.6. The molecule has 6 nitrogen and oxygen atoms in total. The van der Waals surface area contributed by atoms with Crippen LogP contribution in [0, 0.1) is 12.8 Å². The fraction of sp³-hybridized carbons (Fsp3) is 0.667. The second-order valence-corrected chi connectivity index (χ2v) is 4.70. The smallest absolute Gasteiger partial charge is 0.328 e. The first-order chi connectivity index (χ1) is 8.66. The summed E-state index contributed by atoms with van der Waals surface area (Å²) in [5.41, 5.74) is -0.109. The monoisotopic (exact) mass is 253 g/mol. The van der Waals surface area contributed by atoms with Crippen molar-refractivity contribution >= 4 is 0 Å². The van der Waals surface area contributed by atoms with Gasteiger partial charge in [0.15, 0.2) is 0 Å². The molecule has 0 bridgehead atoms. The number of nitrogens with zero attached hydrogens (tertiary/aromatic N) is 1. The maximum Gasteiger partial charge on any atom is 0.328 e. The van der Waals surface area contributed by atoms with Crippen LogP contribution in [-0.2, 0) is 11.3 Å². The highest BCUT2D eigenvalue weighted by Crippen LogP contribution is 2.10. The highest BCUT2D eigenvalue weighted by Gasteiger charge is 2.14. The summed E-state index contributed by atoms with van der Waals surface area (Å²) in [5, 5.41) is 3.31. The van der Waals surface area contributed by atoms with E-state index in [-0.39, 0.29) is 11.2 Å². The van der Waals surface area contributed by atoms with Crippen LogP contribution < -0.4 is 16.6 Å². The van der Waals surface area contributed by atoms with E-state index in [0.717, 1.165) is 26.2 Å². The minimum absolute atomic E-state index is 0.313. The molecule has 1 unspecified atom stereocenters. The lowest BCUT2D eigenvalue weighted by molar-refractivity contribution is 0.185. The molecule has 0 amide bonds. The van der Waals surface area contributed by atoms with Crippen LogP contribution in [0.3, 0.4) is 0 Å². The fourth-order valence-corrected chi connectivity index (χ4v) is 2.03. The van der Waals surface area contributed by atoms with Crippen molar-refractivity contribution in [2.45, 2.75) is 19.9 Å². The molecular formula is C12H19N3O3. The Morgan fingerprint density at radius 3 is 3.11 bits per heavy atom. The molecule has 0 radical (unpaired) electrons. The van der Waals surface area contributed by atoms with Gasteiger partial charge in [-0.2, -0.15) is 0 Å². The predicted octanol–water partition coefficient (Wildman–Crippen LogP) is -0.529. The van der Waals surface area contributed by atoms with Gasteiger partial charge in [0, 0.05) is 38.0 Å². The molecule has 1 aromatic rings. The van der Waals surface area contributed by atoms with Crippen LogP contribution in [0.2, 0.25) is 0 Å². The highest BCUT2D eigenvalue weighted by molar-refractivity contribution is 5.00. The van der Waals surface area contributed by atoms with Crippen molar-refractivity contribution in [3.63, 3.8) is 0 Å². The largest absolute Gasteiger partial charge is 0.381 e. The fourth-order valence-electron chi connectivity index (χ4n) is 2.03. The summed E-state index contributed by atoms with van der Waals surface area (Å²) in [6, 6.07) is 0. The lowest BCUT2D eigenvalue weighted by Gasteiger charge is -2.10. The van der Waals surface area contributed by atoms with Gasteiger partial charge in [0.2, 0.25) is 0 Å². The molecule has 0 aliphatic carbocycles. The molecule has 2 heterocycles. The van der Waals surface area contributed by atoms with Crippen LogP contribution in [0.5, 0.6) is 0 Å². The lowest BCUT2D eigenvalue weighted by Crippen LogP contribution is -2.34. The van der Waals surface area contributed by atoms with Gasteiger partial charge < -0.3 is 10.1 Å². The molecule has 0 saturated carbocycles. The highest BCUT2D eigenvalue weighted by atomic mass is 16.5. The summed E-state index contributed by atoms with van der Waals surface area (Å²) in [6.45, 7) is 5.55. The molecular weight excluding hydrogens is 234 g/mol. The average Bonchev–Trinajstić information content (AvgIpc) is 2.84. The van der Waals surface area contributed by atoms with Crippen molar-refractivity contribution in [1.29, 1.82) is 0 Å². The first kappa shape index (κ1) is 13.0. The molecule has 2 rings (SSSR count). The molecule has 6 heteroatoms. The van der Waals surface area contributed by atoms with Crippen molar-refractivity contribution < 1.29 is 4.74 Å². The molecule has 1 aromatic heterocycles. The van der Waals surface area contributed by atoms with Gasteiger partial charge in [-0.1, -0.05) is 0 Å². The van der Waals surface area contributed by atoms with Crippen molar-refractivity contribution in [3.8, 4) is 0 Å². The second-order valence-electron chi connectivity index (χ2n) is 4.70. The second kappa shape index (κ2) is 5.97. The number of ether oxygens (including phenoxy) is 1. The average molecular weight is 253 g/mol. The van der Waals surface area contributed by atoms with E-state index in [2.05, 4.69) is 10.3 Å². The van der Waals surface area contributed by atoms with Gasteiger partial charge in [-0.3, -0.25) is 14.3 Å². The van der Waals surface area contributed by atoms with E-state index < -0.39 is 0 Å². The quantitative estimate of drug-likeness (QED) is 0.692. The Bertz CT molecular complexity index is 500. The van der Waals surface area contributed by atoms with E-state index in [4.69, 9.17) is 4.74 Å². The molecule has 1 aliphatic rings. The summed E-state index contributed by atoms with van der Waals surface area (Å²) in [4.78, 5) is 25.0. The van der Waals surface area contributed by atoms with Crippen LogP contribution >= 0.6 is 0 Å². The number of rotatable bonds is 5. The number of hydrogen-bond donors (Lipinski definition) is 2. The van der Waals surface area contributed by atoms with Crippen molar-refractivity contribution in [2.75, 3.05) is 26.3 Å². The third-order valence-corrected chi connectivity index (χ3v) is 3.18. The zero-order chi connectivity index (χ0) is 13.0. The number of aryl methyl sites for hydroxylation is 1. The molecule has 0 spiro atoms. The maximum absolute atomic E-state index is 11.5. The van der Waals surface area contributed by atoms with Crippen LogP contribution in [0.1, 0.15) is 12.0 Å². The lowest BCUT2D eigenvalue weighted by atomic mass is 10.1. The topological polar surface area (TPSA) is 76.1 Å². The third-order valence-electron chi connectivity index (χ3n) is 3.18. The summed E-state index contributed by atoms with van der Waals surface area (Å²) in [7, 11) is 0. The molecule has 0 aromatic carbocycles. The SMILES string of the molecule is Cc1cn(CCNCC2CCOC2)c(=O)[nH]c1=O. The Morgan fingerprint density at radius 1 is 1.56 bits per heavy atom. The van der Waals surface area contributed by atoms with Crippen molar-refractivity contribution in [3.05, 3.63) is 32.6 Å². The summed E-state index contributed by atoms with van der Waals surface area (Å²) in [6.07, 6.45) is 2.70. The maximum atomic E-state index is 11.5. The molecule has 100 valence electrons. The summed E-state index contributed by atoms with van der Waals surface area (Å²) >= 11 is 0. The molecule has 1 aliphatic heterocycles. The number of aromatic amines is 1. The zero-order valence-electron chi connectivity index (χ0n) is 10.6. The van der Waals surface area contributed by atoms with E-state index in [1.807, 2.05) is 0 Å². The van der Waals surface area contributed by atoms with E-state index in [1.165, 1.54) is 4.57 Å². The Kier molecular flexibility index (Phi) is 4.33. The normalized spacial score (nSPS) is 19.3. The van der Waals surface area contributed by atoms with Gasteiger partial charge in [-0.15, -0.1) is 0 Å². The van der Waals surface area contributed by atoms with E-state index in [1.54, 1.807) is 13.1 Å². The van der Waals surface area contributed by atoms with Crippen molar-refractivity contribution in [2.24, 2.45) is 5.92 Å². The van der Waals surface area contributed by atoms with Gasteiger partial charge in [0.05, 0.1) is 6.61 Å². The summed E-state index contributed by atoms with van der Waals surface area (Å²) in [5.74, 6) is 0.582. The predicted molar refractivity (Wildman–Crippen MR) is 67.9 cm³/mol. The van der Waals surface area contributed by atoms with Gasteiger partial charge in [-0.25, -0.2) is 4.79 Å². The van der Waals surface area contributed by atoms with E-state index in [9.17, 15) is 9.59 Å². The molecule has 2 N–H and O–H groups in total. The van der Waals surface area contributed by atoms with Crippen molar-refractivity contribution in [1.82, 2.24) is 14.9 Å². The minimum atomic E-state index is -0.350. The minimum Gasteiger partial charge on any atom is -0.381 e. The number of nitrogens with one attached hydrogen (secondary N) is 2. The van der Waals surface area contributed by atoms with E-state index >= 15 is 0 Å². The standard InChI is InChI=1S/C12H19N3O3/c1-9-7-15(12(17)14-11(9)16)4-3-13-6-10-2-5-18-8-10/h7,10,13H,2-6,8H2,1H3,(H,14,16,17). The van der Waals surface area contributed by atoms with Gasteiger partial charge in [0.25, 0.3) is 5.56 Å². The Labute approximate surface area is 105 Å². The first-order valence-corrected chi connectivity index (χ1v) is 6.25. The Morgan fingerprint density at radius 2 is 2.39 bits per heavy atom. The van der Waals surface area contributed by atoms with Crippen LogP contribution in [0.4, 0.5) is 0 Å². The third kappa shape index (κ3) is 3.30. The number of H-pyrrole nitrogens is 1. The summed E-state index contributed by atoms with van der Waals surface area (Å²) < 4.78 is 6.81. The molecule has 1 saturated heterocycles. The van der Waals surface area contributed by atoms with Crippen LogP contribution in [0.25, 0.3) is 0 Å². The Hall–Kier alpha value is -1.40. The Balaban J connectivity index is 1.81. The number of hydrogen-bond acceptors (Lipinski definition) is 4. The van der Waals surface area contributed by atoms with Crippen LogP contribution in [-0.4, -0.2) is 35.9 Å².